The third-order valence-electron chi connectivity index (χ3n) is 4.37. The summed E-state index contributed by atoms with van der Waals surface area (Å²) in [5.74, 6) is 0.270. The second-order valence-corrected chi connectivity index (χ2v) is 6.29. The molecule has 0 aromatic carbocycles. The third kappa shape index (κ3) is 2.50. The van der Waals surface area contributed by atoms with Crippen molar-refractivity contribution in [3.63, 3.8) is 0 Å². The minimum atomic E-state index is -0.0659. The lowest BCUT2D eigenvalue weighted by atomic mass is 9.93. The molecule has 2 aromatic heterocycles. The average molecular weight is 324 g/mol. The van der Waals surface area contributed by atoms with Crippen LogP contribution < -0.4 is 5.73 Å². The van der Waals surface area contributed by atoms with E-state index in [-0.39, 0.29) is 17.6 Å². The molecule has 0 unspecified atom stereocenters. The summed E-state index contributed by atoms with van der Waals surface area (Å²) in [5, 5.41) is 13.8. The molecule has 0 fully saturated rings. The fraction of sp³-hybridized carbons (Fsp3) is 0.412. The molecular weight excluding hydrogens is 304 g/mol. The second kappa shape index (κ2) is 5.96. The second-order valence-electron chi connectivity index (χ2n) is 6.29. The molecule has 0 atom stereocenters. The predicted molar refractivity (Wildman–Crippen MR) is 89.5 cm³/mol. The van der Waals surface area contributed by atoms with Crippen molar-refractivity contribution in [2.75, 3.05) is 12.3 Å². The van der Waals surface area contributed by atoms with Crippen molar-refractivity contribution in [3.05, 3.63) is 29.1 Å². The van der Waals surface area contributed by atoms with Gasteiger partial charge in [0.1, 0.15) is 17.5 Å². The Hall–Kier alpha value is -2.88. The summed E-state index contributed by atoms with van der Waals surface area (Å²) in [6.45, 7) is 4.84. The Morgan fingerprint density at radius 2 is 2.21 bits per heavy atom. The quantitative estimate of drug-likeness (QED) is 0.901. The van der Waals surface area contributed by atoms with Crippen molar-refractivity contribution in [2.24, 2.45) is 13.0 Å². The van der Waals surface area contributed by atoms with Crippen LogP contribution in [0.5, 0.6) is 0 Å². The maximum absolute atomic E-state index is 12.4. The largest absolute Gasteiger partial charge is 0.383 e. The molecule has 24 heavy (non-hydrogen) atoms. The molecule has 0 aliphatic carbocycles. The van der Waals surface area contributed by atoms with Crippen molar-refractivity contribution in [3.8, 4) is 17.3 Å². The fourth-order valence-electron chi connectivity index (χ4n) is 3.15. The number of fused-ring (bicyclic) bond motifs is 1. The van der Waals surface area contributed by atoms with Crippen LogP contribution in [0.4, 0.5) is 5.82 Å². The van der Waals surface area contributed by atoms with Gasteiger partial charge in [0.2, 0.25) is 5.91 Å². The van der Waals surface area contributed by atoms with Crippen LogP contribution in [0.1, 0.15) is 30.7 Å². The first kappa shape index (κ1) is 16.0. The van der Waals surface area contributed by atoms with Gasteiger partial charge >= 0.3 is 0 Å². The van der Waals surface area contributed by atoms with E-state index in [1.807, 2.05) is 31.9 Å². The number of hydrogen-bond acceptors (Lipinski definition) is 5. The lowest BCUT2D eigenvalue weighted by Crippen LogP contribution is -2.39. The van der Waals surface area contributed by atoms with Crippen LogP contribution in [0.2, 0.25) is 0 Å². The number of aromatic nitrogens is 3. The Morgan fingerprint density at radius 3 is 2.79 bits per heavy atom. The zero-order valence-electron chi connectivity index (χ0n) is 14.1. The molecule has 7 heteroatoms. The van der Waals surface area contributed by atoms with E-state index < -0.39 is 0 Å². The van der Waals surface area contributed by atoms with E-state index >= 15 is 0 Å². The summed E-state index contributed by atoms with van der Waals surface area (Å²) in [7, 11) is 1.82. The Labute approximate surface area is 140 Å². The van der Waals surface area contributed by atoms with Crippen molar-refractivity contribution < 1.29 is 4.79 Å². The normalized spacial score (nSPS) is 13.7. The van der Waals surface area contributed by atoms with Crippen molar-refractivity contribution in [1.82, 2.24) is 19.7 Å². The van der Waals surface area contributed by atoms with Crippen LogP contribution in [-0.2, 0) is 24.8 Å². The first-order chi connectivity index (χ1) is 11.4. The molecule has 0 spiro atoms. The molecule has 124 valence electrons. The van der Waals surface area contributed by atoms with Gasteiger partial charge in [0, 0.05) is 49.8 Å². The number of anilines is 1. The van der Waals surface area contributed by atoms with E-state index in [9.17, 15) is 10.1 Å². The molecule has 3 rings (SSSR count). The van der Waals surface area contributed by atoms with E-state index in [1.165, 1.54) is 0 Å². The highest BCUT2D eigenvalue weighted by Gasteiger charge is 2.29. The van der Waals surface area contributed by atoms with Crippen LogP contribution >= 0.6 is 0 Å². The summed E-state index contributed by atoms with van der Waals surface area (Å²) < 4.78 is 1.71. The SMILES string of the molecule is CC(C)C(=O)N1CCc2nc(N)c(C#N)c(-c3ccnn3C)c2C1. The van der Waals surface area contributed by atoms with E-state index in [1.54, 1.807) is 10.9 Å². The van der Waals surface area contributed by atoms with Crippen molar-refractivity contribution >= 4 is 11.7 Å². The average Bonchev–Trinajstić information content (AvgIpc) is 2.98. The summed E-state index contributed by atoms with van der Waals surface area (Å²) in [6.07, 6.45) is 2.31. The summed E-state index contributed by atoms with van der Waals surface area (Å²) in [6, 6.07) is 4.01. The molecule has 0 saturated carbocycles. The highest BCUT2D eigenvalue weighted by molar-refractivity contribution is 5.81. The van der Waals surface area contributed by atoms with Crippen molar-refractivity contribution in [1.29, 1.82) is 5.26 Å². The van der Waals surface area contributed by atoms with Gasteiger partial charge < -0.3 is 10.6 Å². The molecule has 2 N–H and O–H groups in total. The number of carbonyl (C=O) groups is 1. The predicted octanol–water partition coefficient (Wildman–Crippen LogP) is 1.48. The molecule has 7 nitrogen and oxygen atoms in total. The van der Waals surface area contributed by atoms with Gasteiger partial charge in [-0.2, -0.15) is 10.4 Å². The number of amides is 1. The molecular formula is C17H20N6O. The summed E-state index contributed by atoms with van der Waals surface area (Å²) >= 11 is 0. The molecule has 1 aliphatic heterocycles. The fourth-order valence-corrected chi connectivity index (χ4v) is 3.15. The molecule has 1 amide bonds. The van der Waals surface area contributed by atoms with Crippen LogP contribution in [0, 0.1) is 17.2 Å². The van der Waals surface area contributed by atoms with Crippen LogP contribution in [0.3, 0.4) is 0 Å². The Balaban J connectivity index is 2.19. The summed E-state index contributed by atoms with van der Waals surface area (Å²) in [4.78, 5) is 18.6. The highest BCUT2D eigenvalue weighted by Crippen LogP contribution is 2.34. The van der Waals surface area contributed by atoms with Gasteiger partial charge in [-0.1, -0.05) is 13.8 Å². The van der Waals surface area contributed by atoms with Crippen LogP contribution in [-0.4, -0.2) is 32.1 Å². The molecule has 1 aliphatic rings. The first-order valence-corrected chi connectivity index (χ1v) is 7.92. The van der Waals surface area contributed by atoms with Gasteiger partial charge in [-0.25, -0.2) is 4.98 Å². The molecule has 0 saturated heterocycles. The zero-order chi connectivity index (χ0) is 17.4. The van der Waals surface area contributed by atoms with Crippen molar-refractivity contribution in [2.45, 2.75) is 26.8 Å². The maximum Gasteiger partial charge on any atom is 0.225 e. The van der Waals surface area contributed by atoms with Gasteiger partial charge in [-0.05, 0) is 6.07 Å². The van der Waals surface area contributed by atoms with E-state index in [0.29, 0.717) is 25.1 Å². The zero-order valence-corrected chi connectivity index (χ0v) is 14.1. The highest BCUT2D eigenvalue weighted by atomic mass is 16.2. The van der Waals surface area contributed by atoms with Gasteiger partial charge in [0.15, 0.2) is 0 Å². The number of nitrogens with zero attached hydrogens (tertiary/aromatic N) is 5. The number of carbonyl (C=O) groups excluding carboxylic acids is 1. The van der Waals surface area contributed by atoms with Gasteiger partial charge in [0.05, 0.1) is 11.4 Å². The van der Waals surface area contributed by atoms with Gasteiger partial charge in [-0.3, -0.25) is 9.48 Å². The number of nitriles is 1. The van der Waals surface area contributed by atoms with Crippen LogP contribution in [0.15, 0.2) is 12.3 Å². The maximum atomic E-state index is 12.4. The number of nitrogen functional groups attached to an aromatic ring is 1. The van der Waals surface area contributed by atoms with E-state index in [0.717, 1.165) is 22.5 Å². The smallest absolute Gasteiger partial charge is 0.225 e. The minimum Gasteiger partial charge on any atom is -0.383 e. The Bertz CT molecular complexity index is 845. The summed E-state index contributed by atoms with van der Waals surface area (Å²) in [5.41, 5.74) is 9.64. The number of pyridine rings is 1. The third-order valence-corrected chi connectivity index (χ3v) is 4.37. The van der Waals surface area contributed by atoms with E-state index in [4.69, 9.17) is 5.73 Å². The molecule has 2 aromatic rings. The number of rotatable bonds is 2. The Kier molecular flexibility index (Phi) is 3.97. The number of aryl methyl sites for hydroxylation is 1. The molecule has 0 bridgehead atoms. The number of hydrogen-bond donors (Lipinski definition) is 1. The minimum absolute atomic E-state index is 0.0659. The molecule has 0 radical (unpaired) electrons. The standard InChI is InChI=1S/C17H20N6O/c1-10(2)17(24)23-7-5-13-12(9-23)15(11(8-18)16(19)21-13)14-4-6-20-22(14)3/h4,6,10H,5,7,9H2,1-3H3,(H2,19,21). The van der Waals surface area contributed by atoms with E-state index in [2.05, 4.69) is 16.2 Å². The molecule has 3 heterocycles. The lowest BCUT2D eigenvalue weighted by molar-refractivity contribution is -0.135. The topological polar surface area (TPSA) is 101 Å². The lowest BCUT2D eigenvalue weighted by Gasteiger charge is -2.31. The number of nitrogens with two attached hydrogens (primary N) is 1. The first-order valence-electron chi connectivity index (χ1n) is 7.92. The van der Waals surface area contributed by atoms with Crippen LogP contribution in [0.25, 0.3) is 11.3 Å². The van der Waals surface area contributed by atoms with Gasteiger partial charge in [-0.15, -0.1) is 0 Å². The Morgan fingerprint density at radius 1 is 1.46 bits per heavy atom. The monoisotopic (exact) mass is 324 g/mol. The van der Waals surface area contributed by atoms with Gasteiger partial charge in [0.25, 0.3) is 0 Å².